The molecule has 1 saturated carbocycles. The van der Waals surface area contributed by atoms with E-state index in [2.05, 4.69) is 10.6 Å². The number of nitrogens with one attached hydrogen (secondary N) is 2. The summed E-state index contributed by atoms with van der Waals surface area (Å²) in [5.74, 6) is -0.413. The van der Waals surface area contributed by atoms with Crippen LogP contribution in [0.2, 0.25) is 0 Å². The Hall–Kier alpha value is -1.63. The molecule has 1 aliphatic carbocycles. The van der Waals surface area contributed by atoms with E-state index in [1.807, 2.05) is 0 Å². The van der Waals surface area contributed by atoms with Crippen LogP contribution in [0.15, 0.2) is 0 Å². The first kappa shape index (κ1) is 13.4. The highest BCUT2D eigenvalue weighted by Crippen LogP contribution is 2.28. The summed E-state index contributed by atoms with van der Waals surface area (Å²) in [6, 6.07) is -0.148. The van der Waals surface area contributed by atoms with Gasteiger partial charge in [-0.3, -0.25) is 14.5 Å². The van der Waals surface area contributed by atoms with Crippen LogP contribution in [0.3, 0.4) is 0 Å². The minimum absolute atomic E-state index is 0.146. The zero-order chi connectivity index (χ0) is 14.3. The molecule has 0 aromatic carbocycles. The third-order valence-electron chi connectivity index (χ3n) is 4.48. The van der Waals surface area contributed by atoms with Gasteiger partial charge in [0.15, 0.2) is 0 Å². The van der Waals surface area contributed by atoms with Gasteiger partial charge >= 0.3 is 6.03 Å². The lowest BCUT2D eigenvalue weighted by atomic mass is 9.88. The number of carbonyl (C=O) groups is 3. The molecule has 0 atom stereocenters. The molecule has 7 heteroatoms. The number of piperidine rings is 1. The highest BCUT2D eigenvalue weighted by Gasteiger charge is 2.52. The summed E-state index contributed by atoms with van der Waals surface area (Å²) in [5.41, 5.74) is -0.791. The Balaban J connectivity index is 1.68. The molecule has 1 spiro atoms. The maximum absolute atomic E-state index is 12.5. The fourth-order valence-corrected chi connectivity index (χ4v) is 2.92. The topological polar surface area (TPSA) is 81.8 Å². The number of urea groups is 1. The van der Waals surface area contributed by atoms with Gasteiger partial charge in [0.25, 0.3) is 5.91 Å². The lowest BCUT2D eigenvalue weighted by molar-refractivity contribution is -0.139. The van der Waals surface area contributed by atoms with Crippen molar-refractivity contribution >= 4 is 17.8 Å². The summed E-state index contributed by atoms with van der Waals surface area (Å²) >= 11 is 0. The maximum atomic E-state index is 12.5. The van der Waals surface area contributed by atoms with Crippen LogP contribution in [-0.4, -0.2) is 65.9 Å². The van der Waals surface area contributed by atoms with Gasteiger partial charge in [-0.05, 0) is 38.8 Å². The molecule has 20 heavy (non-hydrogen) atoms. The van der Waals surface area contributed by atoms with Crippen molar-refractivity contribution in [2.75, 3.05) is 26.7 Å². The fraction of sp³-hybridized carbons (Fsp3) is 0.769. The van der Waals surface area contributed by atoms with Crippen LogP contribution >= 0.6 is 0 Å². The summed E-state index contributed by atoms with van der Waals surface area (Å²) < 4.78 is 0. The number of likely N-dealkylation sites (N-methyl/N-ethyl adjacent to an activating group) is 1. The van der Waals surface area contributed by atoms with Gasteiger partial charge in [0, 0.05) is 13.1 Å². The van der Waals surface area contributed by atoms with Crippen LogP contribution in [0, 0.1) is 0 Å². The standard InChI is InChI=1S/C13H20N4O3/c1-16(9-2-3-9)10(18)8-17-11(19)13(15-12(17)20)4-6-14-7-5-13/h9,14H,2-8H2,1H3,(H,15,20). The zero-order valence-electron chi connectivity index (χ0n) is 11.6. The normalized spacial score (nSPS) is 24.9. The molecule has 3 aliphatic rings. The molecule has 3 fully saturated rings. The van der Waals surface area contributed by atoms with E-state index in [1.54, 1.807) is 11.9 Å². The summed E-state index contributed by atoms with van der Waals surface area (Å²) in [4.78, 5) is 39.3. The largest absolute Gasteiger partial charge is 0.341 e. The SMILES string of the molecule is CN(C(=O)CN1C(=O)NC2(CCNCC2)C1=O)C1CC1. The number of hydrogen-bond acceptors (Lipinski definition) is 4. The van der Waals surface area contributed by atoms with E-state index in [4.69, 9.17) is 0 Å². The van der Waals surface area contributed by atoms with Crippen LogP contribution in [-0.2, 0) is 9.59 Å². The Labute approximate surface area is 117 Å². The first-order valence-corrected chi connectivity index (χ1v) is 7.14. The molecular formula is C13H20N4O3. The van der Waals surface area contributed by atoms with Gasteiger partial charge in [-0.1, -0.05) is 0 Å². The number of carbonyl (C=O) groups excluding carboxylic acids is 3. The Morgan fingerprint density at radius 2 is 2.00 bits per heavy atom. The van der Waals surface area contributed by atoms with Crippen molar-refractivity contribution in [1.29, 1.82) is 0 Å². The molecule has 2 N–H and O–H groups in total. The first-order chi connectivity index (χ1) is 9.53. The van der Waals surface area contributed by atoms with Crippen LogP contribution in [0.4, 0.5) is 4.79 Å². The molecule has 0 radical (unpaired) electrons. The summed E-state index contributed by atoms with van der Waals surface area (Å²) in [7, 11) is 1.73. The molecule has 2 saturated heterocycles. The fourth-order valence-electron chi connectivity index (χ4n) is 2.92. The van der Waals surface area contributed by atoms with Crippen molar-refractivity contribution in [2.24, 2.45) is 0 Å². The molecule has 2 aliphatic heterocycles. The Morgan fingerprint density at radius 1 is 1.35 bits per heavy atom. The number of hydrogen-bond donors (Lipinski definition) is 2. The smallest absolute Gasteiger partial charge is 0.325 e. The van der Waals surface area contributed by atoms with Crippen molar-refractivity contribution in [3.8, 4) is 0 Å². The van der Waals surface area contributed by atoms with Crippen LogP contribution < -0.4 is 10.6 Å². The van der Waals surface area contributed by atoms with E-state index in [0.29, 0.717) is 25.9 Å². The molecule has 3 rings (SSSR count). The predicted octanol–water partition coefficient (Wildman–Crippen LogP) is -0.719. The molecule has 2 heterocycles. The van der Waals surface area contributed by atoms with E-state index in [0.717, 1.165) is 17.7 Å². The molecular weight excluding hydrogens is 260 g/mol. The molecule has 110 valence electrons. The minimum Gasteiger partial charge on any atom is -0.341 e. The third kappa shape index (κ3) is 2.15. The highest BCUT2D eigenvalue weighted by molar-refractivity contribution is 6.09. The zero-order valence-corrected chi connectivity index (χ0v) is 11.6. The second kappa shape index (κ2) is 4.73. The van der Waals surface area contributed by atoms with E-state index in [9.17, 15) is 14.4 Å². The number of rotatable bonds is 3. The van der Waals surface area contributed by atoms with Gasteiger partial charge in [-0.15, -0.1) is 0 Å². The van der Waals surface area contributed by atoms with Gasteiger partial charge in [0.1, 0.15) is 12.1 Å². The average Bonchev–Trinajstić information content (AvgIpc) is 3.25. The van der Waals surface area contributed by atoms with Crippen molar-refractivity contribution in [3.63, 3.8) is 0 Å². The number of imide groups is 1. The third-order valence-corrected chi connectivity index (χ3v) is 4.48. The second-order valence-electron chi connectivity index (χ2n) is 5.89. The molecule has 0 bridgehead atoms. The van der Waals surface area contributed by atoms with Gasteiger partial charge in [0.05, 0.1) is 0 Å². The lowest BCUT2D eigenvalue weighted by Crippen LogP contribution is -2.54. The van der Waals surface area contributed by atoms with E-state index < -0.39 is 11.6 Å². The van der Waals surface area contributed by atoms with Gasteiger partial charge in [0.2, 0.25) is 5.91 Å². The predicted molar refractivity (Wildman–Crippen MR) is 70.9 cm³/mol. The Bertz CT molecular complexity index is 455. The lowest BCUT2D eigenvalue weighted by Gasteiger charge is -2.31. The van der Waals surface area contributed by atoms with E-state index in [1.165, 1.54) is 0 Å². The van der Waals surface area contributed by atoms with Crippen molar-refractivity contribution in [1.82, 2.24) is 20.4 Å². The van der Waals surface area contributed by atoms with Gasteiger partial charge in [-0.2, -0.15) is 0 Å². The van der Waals surface area contributed by atoms with E-state index in [-0.39, 0.29) is 24.4 Å². The van der Waals surface area contributed by atoms with E-state index >= 15 is 0 Å². The molecule has 4 amide bonds. The maximum Gasteiger partial charge on any atom is 0.325 e. The Morgan fingerprint density at radius 3 is 2.60 bits per heavy atom. The molecule has 0 aromatic rings. The summed E-state index contributed by atoms with van der Waals surface area (Å²) in [6.07, 6.45) is 3.19. The second-order valence-corrected chi connectivity index (χ2v) is 5.89. The highest BCUT2D eigenvalue weighted by atomic mass is 16.2. The first-order valence-electron chi connectivity index (χ1n) is 7.14. The van der Waals surface area contributed by atoms with Crippen LogP contribution in [0.1, 0.15) is 25.7 Å². The monoisotopic (exact) mass is 280 g/mol. The average molecular weight is 280 g/mol. The van der Waals surface area contributed by atoms with Crippen LogP contribution in [0.25, 0.3) is 0 Å². The minimum atomic E-state index is -0.791. The summed E-state index contributed by atoms with van der Waals surface area (Å²) in [5, 5.41) is 5.96. The molecule has 0 aromatic heterocycles. The quantitative estimate of drug-likeness (QED) is 0.669. The summed E-state index contributed by atoms with van der Waals surface area (Å²) in [6.45, 7) is 1.26. The van der Waals surface area contributed by atoms with Crippen molar-refractivity contribution in [2.45, 2.75) is 37.3 Å². The Kier molecular flexibility index (Phi) is 3.16. The van der Waals surface area contributed by atoms with Crippen molar-refractivity contribution in [3.05, 3.63) is 0 Å². The number of amides is 4. The van der Waals surface area contributed by atoms with Gasteiger partial charge in [-0.25, -0.2) is 4.79 Å². The van der Waals surface area contributed by atoms with Gasteiger partial charge < -0.3 is 15.5 Å². The van der Waals surface area contributed by atoms with Crippen molar-refractivity contribution < 1.29 is 14.4 Å². The number of nitrogens with zero attached hydrogens (tertiary/aromatic N) is 2. The molecule has 0 unspecified atom stereocenters. The van der Waals surface area contributed by atoms with Crippen LogP contribution in [0.5, 0.6) is 0 Å². The molecule has 7 nitrogen and oxygen atoms in total.